The van der Waals surface area contributed by atoms with E-state index >= 15 is 4.39 Å². The number of nitrogens with zero attached hydrogens (tertiary/aromatic N) is 1. The molecule has 30 heavy (non-hydrogen) atoms. The van der Waals surface area contributed by atoms with Crippen molar-refractivity contribution in [1.29, 1.82) is 0 Å². The van der Waals surface area contributed by atoms with E-state index in [9.17, 15) is 24.5 Å². The van der Waals surface area contributed by atoms with Gasteiger partial charge in [0.15, 0.2) is 0 Å². The molecule has 1 heterocycles. The second kappa shape index (κ2) is 8.27. The third kappa shape index (κ3) is 3.97. The Hall–Kier alpha value is -3.82. The van der Waals surface area contributed by atoms with Gasteiger partial charge in [0, 0.05) is 28.9 Å². The van der Waals surface area contributed by atoms with Gasteiger partial charge in [-0.1, -0.05) is 18.2 Å². The highest BCUT2D eigenvalue weighted by Gasteiger charge is 2.47. The topological polar surface area (TPSA) is 128 Å². The van der Waals surface area contributed by atoms with Gasteiger partial charge in [-0.05, 0) is 31.0 Å². The summed E-state index contributed by atoms with van der Waals surface area (Å²) >= 11 is 0. The normalized spacial score (nSPS) is 18.1. The number of nitrogens with one attached hydrogen (secondary N) is 2. The molecule has 0 bridgehead atoms. The quantitative estimate of drug-likeness (QED) is 0.406. The van der Waals surface area contributed by atoms with E-state index in [1.165, 1.54) is 18.2 Å². The maximum absolute atomic E-state index is 15.5. The van der Waals surface area contributed by atoms with Crippen LogP contribution in [-0.4, -0.2) is 35.9 Å². The summed E-state index contributed by atoms with van der Waals surface area (Å²) < 4.78 is 20.1. The summed E-state index contributed by atoms with van der Waals surface area (Å²) in [5, 5.41) is 15.6. The molecule has 2 atom stereocenters. The van der Waals surface area contributed by atoms with Crippen molar-refractivity contribution in [3.63, 3.8) is 0 Å². The largest absolute Gasteiger partial charge is 0.467 e. The van der Waals surface area contributed by atoms with Gasteiger partial charge in [-0.25, -0.2) is 9.18 Å². The van der Waals surface area contributed by atoms with Crippen LogP contribution >= 0.6 is 0 Å². The van der Waals surface area contributed by atoms with Gasteiger partial charge < -0.3 is 15.4 Å². The van der Waals surface area contributed by atoms with Crippen molar-refractivity contribution < 1.29 is 28.4 Å². The molecule has 0 fully saturated rings. The van der Waals surface area contributed by atoms with Crippen molar-refractivity contribution in [2.45, 2.75) is 24.6 Å². The fraction of sp³-hybridized carbons (Fsp3) is 0.250. The molecule has 10 heteroatoms. The number of carbonyl (C=O) groups is 3. The van der Waals surface area contributed by atoms with Crippen molar-refractivity contribution in [3.05, 3.63) is 69.8 Å². The lowest BCUT2D eigenvalue weighted by molar-refractivity contribution is -0.384. The van der Waals surface area contributed by atoms with Crippen LogP contribution in [0.15, 0.2) is 48.5 Å². The zero-order valence-electron chi connectivity index (χ0n) is 15.9. The number of para-hydroxylation sites is 1. The highest BCUT2D eigenvalue weighted by atomic mass is 19.1. The Morgan fingerprint density at radius 3 is 2.53 bits per heavy atom. The van der Waals surface area contributed by atoms with Crippen LogP contribution in [0, 0.1) is 10.1 Å². The highest BCUT2D eigenvalue weighted by Crippen LogP contribution is 2.42. The van der Waals surface area contributed by atoms with Crippen molar-refractivity contribution in [2.24, 2.45) is 0 Å². The third-order valence-corrected chi connectivity index (χ3v) is 4.87. The van der Waals surface area contributed by atoms with Gasteiger partial charge in [0.1, 0.15) is 6.04 Å². The van der Waals surface area contributed by atoms with E-state index in [4.69, 9.17) is 0 Å². The zero-order valence-corrected chi connectivity index (χ0v) is 15.9. The van der Waals surface area contributed by atoms with E-state index in [-0.39, 0.29) is 29.7 Å². The Kier molecular flexibility index (Phi) is 5.77. The number of amides is 2. The molecule has 1 aliphatic rings. The molecule has 2 N–H and O–H groups in total. The SMILES string of the molecule is COC(=O)C(CCC1(F)C(=O)Nc2ccccc21)NC(=O)c1ccc([N+](=O)[O-])cc1. The molecule has 0 saturated carbocycles. The van der Waals surface area contributed by atoms with Gasteiger partial charge in [0.2, 0.25) is 5.67 Å². The van der Waals surface area contributed by atoms with E-state index in [1.807, 2.05) is 0 Å². The van der Waals surface area contributed by atoms with Gasteiger partial charge in [0.25, 0.3) is 17.5 Å². The molecule has 9 nitrogen and oxygen atoms in total. The Morgan fingerprint density at radius 1 is 1.23 bits per heavy atom. The number of nitro groups is 1. The number of anilines is 1. The van der Waals surface area contributed by atoms with E-state index in [0.29, 0.717) is 5.69 Å². The molecule has 2 amide bonds. The third-order valence-electron chi connectivity index (χ3n) is 4.87. The number of carbonyl (C=O) groups excluding carboxylic acids is 3. The number of methoxy groups -OCH3 is 1. The predicted octanol–water partition coefficient (Wildman–Crippen LogP) is 2.46. The summed E-state index contributed by atoms with van der Waals surface area (Å²) in [4.78, 5) is 46.8. The molecule has 1 aliphatic heterocycles. The first-order chi connectivity index (χ1) is 14.3. The molecule has 2 unspecified atom stereocenters. The maximum atomic E-state index is 15.5. The van der Waals surface area contributed by atoms with E-state index in [0.717, 1.165) is 19.2 Å². The number of ether oxygens (including phenoxy) is 1. The van der Waals surface area contributed by atoms with Crippen molar-refractivity contribution in [3.8, 4) is 0 Å². The summed E-state index contributed by atoms with van der Waals surface area (Å²) in [6.07, 6.45) is -0.570. The second-order valence-electron chi connectivity index (χ2n) is 6.69. The summed E-state index contributed by atoms with van der Waals surface area (Å²) in [6.45, 7) is 0. The minimum Gasteiger partial charge on any atom is -0.467 e. The Labute approximate surface area is 170 Å². The number of alkyl halides is 1. The van der Waals surface area contributed by atoms with Gasteiger partial charge in [-0.15, -0.1) is 0 Å². The molecule has 0 radical (unpaired) electrons. The number of hydrogen-bond acceptors (Lipinski definition) is 6. The number of nitro benzene ring substituents is 1. The number of rotatable bonds is 7. The fourth-order valence-electron chi connectivity index (χ4n) is 3.24. The highest BCUT2D eigenvalue weighted by molar-refractivity contribution is 6.05. The Morgan fingerprint density at radius 2 is 1.90 bits per heavy atom. The number of fused-ring (bicyclic) bond motifs is 1. The molecule has 0 aliphatic carbocycles. The number of non-ortho nitro benzene ring substituents is 1. The fourth-order valence-corrected chi connectivity index (χ4v) is 3.24. The lowest BCUT2D eigenvalue weighted by Gasteiger charge is -2.22. The van der Waals surface area contributed by atoms with Crippen molar-refractivity contribution >= 4 is 29.2 Å². The van der Waals surface area contributed by atoms with Crippen LogP contribution in [0.3, 0.4) is 0 Å². The smallest absolute Gasteiger partial charge is 0.328 e. The molecule has 2 aromatic rings. The average molecular weight is 415 g/mol. The number of benzene rings is 2. The van der Waals surface area contributed by atoms with Crippen LogP contribution in [0.25, 0.3) is 0 Å². The van der Waals surface area contributed by atoms with Crippen molar-refractivity contribution in [2.75, 3.05) is 12.4 Å². The lowest BCUT2D eigenvalue weighted by Crippen LogP contribution is -2.43. The number of esters is 1. The summed E-state index contributed by atoms with van der Waals surface area (Å²) in [5.41, 5.74) is -1.94. The van der Waals surface area contributed by atoms with Crippen LogP contribution in [-0.2, 0) is 20.0 Å². The van der Waals surface area contributed by atoms with Crippen LogP contribution in [0.1, 0.15) is 28.8 Å². The van der Waals surface area contributed by atoms with E-state index in [2.05, 4.69) is 15.4 Å². The molecule has 0 aromatic heterocycles. The zero-order chi connectivity index (χ0) is 21.9. The molecule has 156 valence electrons. The van der Waals surface area contributed by atoms with Crippen LogP contribution in [0.5, 0.6) is 0 Å². The standard InChI is InChI=1S/C20H18FN3O6/c1-30-18(26)16(22-17(25)12-6-8-13(9-7-12)24(28)29)10-11-20(21)14-4-2-3-5-15(14)23-19(20)27/h2-9,16H,10-11H2,1H3,(H,22,25)(H,23,27). The first-order valence-corrected chi connectivity index (χ1v) is 8.99. The Balaban J connectivity index is 1.74. The minimum atomic E-state index is -2.35. The van der Waals surface area contributed by atoms with Crippen LogP contribution in [0.4, 0.5) is 15.8 Å². The van der Waals surface area contributed by atoms with Gasteiger partial charge >= 0.3 is 5.97 Å². The minimum absolute atomic E-state index is 0.0772. The number of hydrogen-bond donors (Lipinski definition) is 2. The van der Waals surface area contributed by atoms with Gasteiger partial charge in [0.05, 0.1) is 12.0 Å². The summed E-state index contributed by atoms with van der Waals surface area (Å²) in [5.74, 6) is -2.33. The molecule has 2 aromatic carbocycles. The number of halogens is 1. The predicted molar refractivity (Wildman–Crippen MR) is 103 cm³/mol. The molecular formula is C20H18FN3O6. The second-order valence-corrected chi connectivity index (χ2v) is 6.69. The first-order valence-electron chi connectivity index (χ1n) is 8.99. The van der Waals surface area contributed by atoms with Gasteiger partial charge in [-0.3, -0.25) is 19.7 Å². The van der Waals surface area contributed by atoms with Crippen molar-refractivity contribution in [1.82, 2.24) is 5.32 Å². The van der Waals surface area contributed by atoms with E-state index < -0.39 is 34.4 Å². The van der Waals surface area contributed by atoms with Gasteiger partial charge in [-0.2, -0.15) is 0 Å². The molecular weight excluding hydrogens is 397 g/mol. The molecule has 0 saturated heterocycles. The lowest BCUT2D eigenvalue weighted by atomic mass is 9.90. The first kappa shape index (κ1) is 20.9. The molecule has 0 spiro atoms. The van der Waals surface area contributed by atoms with Crippen LogP contribution < -0.4 is 10.6 Å². The van der Waals surface area contributed by atoms with Crippen LogP contribution in [0.2, 0.25) is 0 Å². The van der Waals surface area contributed by atoms with E-state index in [1.54, 1.807) is 18.2 Å². The maximum Gasteiger partial charge on any atom is 0.328 e. The Bertz CT molecular complexity index is 1010. The summed E-state index contributed by atoms with van der Waals surface area (Å²) in [7, 11) is 1.12. The monoisotopic (exact) mass is 415 g/mol. The average Bonchev–Trinajstić information content (AvgIpc) is 3.00. The molecule has 3 rings (SSSR count). The summed E-state index contributed by atoms with van der Waals surface area (Å²) in [6, 6.07) is 9.87.